The zero-order chi connectivity index (χ0) is 2.99. The predicted octanol–water partition coefficient (Wildman–Crippen LogP) is 0.747. The summed E-state index contributed by atoms with van der Waals surface area (Å²) in [5.74, 6) is 0. The smallest absolute Gasteiger partial charge is 0.115 e. The minimum atomic E-state index is 1.33. The van der Waals surface area contributed by atoms with Crippen LogP contribution in [0.25, 0.3) is 0 Å². The van der Waals surface area contributed by atoms with Gasteiger partial charge >= 0.3 is 0 Å². The molecule has 1 nitrogen and oxygen atoms in total. The molecule has 0 unspecified atom stereocenters. The molecule has 0 aliphatic carbocycles. The topological polar surface area (TPSA) is 21.9 Å². The zero-order valence-corrected chi connectivity index (χ0v) is 3.22. The Morgan fingerprint density at radius 3 is 2.25 bits per heavy atom. The van der Waals surface area contributed by atoms with Crippen LogP contribution >= 0.6 is 11.9 Å². The summed E-state index contributed by atoms with van der Waals surface area (Å²) in [6, 6.07) is 0. The van der Waals surface area contributed by atoms with Gasteiger partial charge in [-0.15, -0.1) is 0 Å². The first kappa shape index (κ1) is 2.54. The van der Waals surface area contributed by atoms with Crippen LogP contribution in [-0.2, 0) is 0 Å². The fourth-order valence-electron chi connectivity index (χ4n) is 0.0510. The summed E-state index contributed by atoms with van der Waals surface area (Å²) in [6.07, 6.45) is 0. The van der Waals surface area contributed by atoms with Gasteiger partial charge in [-0.1, -0.05) is 11.9 Å². The van der Waals surface area contributed by atoms with Crippen molar-refractivity contribution in [1.29, 1.82) is 0 Å². The molecule has 1 N–H and O–H groups in total. The summed E-state index contributed by atoms with van der Waals surface area (Å²) in [7, 11) is 0. The van der Waals surface area contributed by atoms with Crippen molar-refractivity contribution in [2.75, 3.05) is 0 Å². The maximum Gasteiger partial charge on any atom is 0.115 e. The van der Waals surface area contributed by atoms with Gasteiger partial charge in [0.05, 0.1) is 0 Å². The van der Waals surface area contributed by atoms with Gasteiger partial charge in [0.2, 0.25) is 0 Å². The number of nitrogens with one attached hydrogen (secondary N) is 1. The van der Waals surface area contributed by atoms with Crippen molar-refractivity contribution >= 4 is 11.9 Å². The molecule has 1 rings (SSSR count). The molecule has 0 aromatic rings. The number of hydrogen-bond acceptors (Lipinski definition) is 2. The monoisotopic (exact) mass is 74.0 g/mol. The van der Waals surface area contributed by atoms with Gasteiger partial charge in [-0.2, -0.15) is 0 Å². The molecule has 0 aromatic carbocycles. The lowest BCUT2D eigenvalue weighted by atomic mass is 10.8. The van der Waals surface area contributed by atoms with E-state index in [1.54, 1.807) is 11.9 Å². The Morgan fingerprint density at radius 2 is 2.25 bits per heavy atom. The van der Waals surface area contributed by atoms with E-state index < -0.39 is 0 Å². The molecular weight excluding hydrogens is 70.1 g/mol. The molecule has 1 radical (unpaired) electrons. The molecule has 0 spiro atoms. The van der Waals surface area contributed by atoms with Crippen LogP contribution < -0.4 is 4.72 Å². The average molecular weight is 74.1 g/mol. The van der Waals surface area contributed by atoms with Crippen molar-refractivity contribution in [3.05, 3.63) is 5.37 Å². The summed E-state index contributed by atoms with van der Waals surface area (Å²) in [4.78, 5) is 0. The van der Waals surface area contributed by atoms with Gasteiger partial charge in [-0.05, 0) is 6.92 Å². The van der Waals surface area contributed by atoms with Crippen molar-refractivity contribution in [3.63, 3.8) is 0 Å². The molecule has 0 bridgehead atoms. The third-order valence-corrected chi connectivity index (χ3v) is 0.919. The highest BCUT2D eigenvalue weighted by Gasteiger charge is 2.14. The molecule has 2 heteroatoms. The molecule has 1 saturated heterocycles. The number of rotatable bonds is 0. The van der Waals surface area contributed by atoms with Crippen LogP contribution in [0.1, 0.15) is 6.92 Å². The Kier molecular flexibility index (Phi) is 0.398. The fraction of sp³-hybridized carbons (Fsp3) is 0.500. The second-order valence-electron chi connectivity index (χ2n) is 0.760. The molecule has 0 aromatic heterocycles. The highest BCUT2D eigenvalue weighted by atomic mass is 32.2. The Balaban J connectivity index is 2.17. The standard InChI is InChI=1S/C2H4NS/c1-2-3-4-2/h3H,1H3. The number of hydrogen-bond donors (Lipinski definition) is 1. The molecule has 1 aliphatic heterocycles. The second-order valence-corrected chi connectivity index (χ2v) is 1.78. The lowest BCUT2D eigenvalue weighted by Gasteiger charge is -1.46. The van der Waals surface area contributed by atoms with Gasteiger partial charge in [0.15, 0.2) is 0 Å². The average Bonchev–Trinajstić information content (AvgIpc) is 1.75. The van der Waals surface area contributed by atoms with Gasteiger partial charge < -0.3 is 0 Å². The molecule has 23 valence electrons. The van der Waals surface area contributed by atoms with Crippen molar-refractivity contribution in [2.24, 2.45) is 0 Å². The van der Waals surface area contributed by atoms with Crippen molar-refractivity contribution < 1.29 is 0 Å². The lowest BCUT2D eigenvalue weighted by Crippen LogP contribution is -1.61. The summed E-state index contributed by atoms with van der Waals surface area (Å²) in [5, 5.41) is 1.33. The van der Waals surface area contributed by atoms with Crippen LogP contribution in [0.2, 0.25) is 0 Å². The van der Waals surface area contributed by atoms with E-state index >= 15 is 0 Å². The van der Waals surface area contributed by atoms with E-state index in [-0.39, 0.29) is 0 Å². The van der Waals surface area contributed by atoms with Crippen molar-refractivity contribution in [3.8, 4) is 0 Å². The highest BCUT2D eigenvalue weighted by Crippen LogP contribution is 2.27. The normalized spacial score (nSPS) is 26.2. The first-order valence-electron chi connectivity index (χ1n) is 1.16. The van der Waals surface area contributed by atoms with Gasteiger partial charge in [0, 0.05) is 0 Å². The van der Waals surface area contributed by atoms with Crippen LogP contribution in [-0.4, -0.2) is 0 Å². The van der Waals surface area contributed by atoms with Crippen molar-refractivity contribution in [2.45, 2.75) is 6.92 Å². The van der Waals surface area contributed by atoms with Crippen LogP contribution in [0.3, 0.4) is 0 Å². The van der Waals surface area contributed by atoms with Crippen molar-refractivity contribution in [1.82, 2.24) is 4.72 Å². The lowest BCUT2D eigenvalue weighted by molar-refractivity contribution is 1.29. The highest BCUT2D eigenvalue weighted by molar-refractivity contribution is 8.07. The molecule has 4 heavy (non-hydrogen) atoms. The summed E-state index contributed by atoms with van der Waals surface area (Å²) in [5.41, 5.74) is 0. The second kappa shape index (κ2) is 0.626. The van der Waals surface area contributed by atoms with Crippen LogP contribution in [0.15, 0.2) is 0 Å². The maximum absolute atomic E-state index is 2.93. The minimum Gasteiger partial charge on any atom is -0.243 e. The Hall–Kier alpha value is 0.310. The Bertz CT molecular complexity index is 25.2. The van der Waals surface area contributed by atoms with Crippen LogP contribution in [0.4, 0.5) is 0 Å². The predicted molar refractivity (Wildman–Crippen MR) is 19.6 cm³/mol. The molecular formula is C2H4NS. The van der Waals surface area contributed by atoms with E-state index in [2.05, 4.69) is 4.72 Å². The first-order valence-corrected chi connectivity index (χ1v) is 1.97. The summed E-state index contributed by atoms with van der Waals surface area (Å²) in [6.45, 7) is 2.05. The molecule has 0 amide bonds. The van der Waals surface area contributed by atoms with Gasteiger partial charge in [0.1, 0.15) is 5.37 Å². The molecule has 1 heterocycles. The van der Waals surface area contributed by atoms with Gasteiger partial charge in [-0.25, -0.2) is 4.72 Å². The Labute approximate surface area is 29.9 Å². The molecule has 0 saturated carbocycles. The fourth-order valence-corrected chi connectivity index (χ4v) is 0.153. The molecule has 1 aliphatic rings. The third-order valence-electron chi connectivity index (χ3n) is 0.306. The molecule has 0 atom stereocenters. The zero-order valence-electron chi connectivity index (χ0n) is 2.41. The van der Waals surface area contributed by atoms with Crippen LogP contribution in [0.5, 0.6) is 0 Å². The maximum atomic E-state index is 2.93. The SMILES string of the molecule is C[C]1NS1. The van der Waals surface area contributed by atoms with E-state index in [0.29, 0.717) is 0 Å². The quantitative estimate of drug-likeness (QED) is 0.338. The van der Waals surface area contributed by atoms with Crippen LogP contribution in [0, 0.1) is 5.37 Å². The van der Waals surface area contributed by atoms with Gasteiger partial charge in [-0.3, -0.25) is 0 Å². The van der Waals surface area contributed by atoms with E-state index in [1.807, 2.05) is 6.92 Å². The first-order chi connectivity index (χ1) is 1.89. The van der Waals surface area contributed by atoms with E-state index in [4.69, 9.17) is 0 Å². The molecule has 1 fully saturated rings. The summed E-state index contributed by atoms with van der Waals surface area (Å²) < 4.78 is 2.93. The van der Waals surface area contributed by atoms with E-state index in [1.165, 1.54) is 5.37 Å². The third kappa shape index (κ3) is 0.362. The summed E-state index contributed by atoms with van der Waals surface area (Å²) >= 11 is 1.69. The van der Waals surface area contributed by atoms with Gasteiger partial charge in [0.25, 0.3) is 0 Å². The largest absolute Gasteiger partial charge is 0.243 e. The Morgan fingerprint density at radius 1 is 2.00 bits per heavy atom. The van der Waals surface area contributed by atoms with E-state index in [0.717, 1.165) is 0 Å². The minimum absolute atomic E-state index is 1.33. The van der Waals surface area contributed by atoms with E-state index in [9.17, 15) is 0 Å².